The van der Waals surface area contributed by atoms with Crippen molar-refractivity contribution in [2.45, 2.75) is 24.9 Å². The Labute approximate surface area is 111 Å². The monoisotopic (exact) mass is 266 g/mol. The molecule has 0 atom stereocenters. The predicted octanol–water partition coefficient (Wildman–Crippen LogP) is 2.13. The SMILES string of the molecule is O=C(c1ccncc1Cl)N1CCC2(CCO2)CC1. The number of rotatable bonds is 1. The second-order valence-electron chi connectivity index (χ2n) is 4.93. The summed E-state index contributed by atoms with van der Waals surface area (Å²) < 4.78 is 5.64. The number of carbonyl (C=O) groups is 1. The summed E-state index contributed by atoms with van der Waals surface area (Å²) in [6, 6.07) is 1.68. The highest BCUT2D eigenvalue weighted by atomic mass is 35.5. The average molecular weight is 267 g/mol. The summed E-state index contributed by atoms with van der Waals surface area (Å²) in [5, 5.41) is 0.419. The van der Waals surface area contributed by atoms with Crippen LogP contribution in [-0.2, 0) is 4.74 Å². The minimum Gasteiger partial charge on any atom is -0.375 e. The van der Waals surface area contributed by atoms with Crippen LogP contribution in [0.1, 0.15) is 29.6 Å². The average Bonchev–Trinajstić information content (AvgIpc) is 2.37. The van der Waals surface area contributed by atoms with Crippen molar-refractivity contribution in [2.24, 2.45) is 0 Å². The summed E-state index contributed by atoms with van der Waals surface area (Å²) in [7, 11) is 0. The van der Waals surface area contributed by atoms with Crippen molar-refractivity contribution in [2.75, 3.05) is 19.7 Å². The summed E-state index contributed by atoms with van der Waals surface area (Å²) in [6.45, 7) is 2.36. The summed E-state index contributed by atoms with van der Waals surface area (Å²) in [6.07, 6.45) is 6.10. The third kappa shape index (κ3) is 1.99. The molecule has 2 saturated heterocycles. The van der Waals surface area contributed by atoms with Crippen molar-refractivity contribution >= 4 is 17.5 Å². The van der Waals surface area contributed by atoms with Gasteiger partial charge in [0.05, 0.1) is 22.8 Å². The second kappa shape index (κ2) is 4.52. The molecule has 0 unspecified atom stereocenters. The van der Waals surface area contributed by atoms with E-state index in [-0.39, 0.29) is 11.5 Å². The van der Waals surface area contributed by atoms with Crippen LogP contribution in [0.15, 0.2) is 18.5 Å². The lowest BCUT2D eigenvalue weighted by Gasteiger charge is -2.47. The van der Waals surface area contributed by atoms with Gasteiger partial charge in [-0.15, -0.1) is 0 Å². The fraction of sp³-hybridized carbons (Fsp3) is 0.538. The van der Waals surface area contributed by atoms with Gasteiger partial charge in [-0.3, -0.25) is 9.78 Å². The van der Waals surface area contributed by atoms with Crippen LogP contribution in [0.3, 0.4) is 0 Å². The first kappa shape index (κ1) is 11.9. The lowest BCUT2D eigenvalue weighted by Crippen LogP contribution is -2.53. The quantitative estimate of drug-likeness (QED) is 0.782. The van der Waals surface area contributed by atoms with Crippen LogP contribution >= 0.6 is 11.6 Å². The van der Waals surface area contributed by atoms with Crippen LogP contribution in [0.25, 0.3) is 0 Å². The standard InChI is InChI=1S/C13H15ClN2O2/c14-11-9-15-5-1-10(11)12(17)16-6-2-13(3-7-16)4-8-18-13/h1,5,9H,2-4,6-8H2. The van der Waals surface area contributed by atoms with Gasteiger partial charge in [-0.2, -0.15) is 0 Å². The molecular formula is C13H15ClN2O2. The van der Waals surface area contributed by atoms with Gasteiger partial charge in [-0.1, -0.05) is 11.6 Å². The molecule has 1 amide bonds. The summed E-state index contributed by atoms with van der Waals surface area (Å²) in [5.74, 6) is -0.00317. The Kier molecular flexibility index (Phi) is 2.99. The van der Waals surface area contributed by atoms with E-state index in [0.29, 0.717) is 10.6 Å². The van der Waals surface area contributed by atoms with E-state index in [4.69, 9.17) is 16.3 Å². The zero-order valence-electron chi connectivity index (χ0n) is 10.1. The molecule has 1 spiro atoms. The van der Waals surface area contributed by atoms with E-state index in [2.05, 4.69) is 4.98 Å². The van der Waals surface area contributed by atoms with Crippen molar-refractivity contribution < 1.29 is 9.53 Å². The van der Waals surface area contributed by atoms with Gasteiger partial charge < -0.3 is 9.64 Å². The third-order valence-corrected chi connectivity index (χ3v) is 4.23. The maximum atomic E-state index is 12.3. The minimum absolute atomic E-state index is 0.00317. The number of aromatic nitrogens is 1. The van der Waals surface area contributed by atoms with Crippen LogP contribution in [0, 0.1) is 0 Å². The molecule has 0 saturated carbocycles. The lowest BCUT2D eigenvalue weighted by atomic mass is 9.84. The smallest absolute Gasteiger partial charge is 0.255 e. The van der Waals surface area contributed by atoms with E-state index in [1.165, 1.54) is 6.20 Å². The largest absolute Gasteiger partial charge is 0.375 e. The van der Waals surface area contributed by atoms with Crippen LogP contribution in [-0.4, -0.2) is 41.1 Å². The Morgan fingerprint density at radius 1 is 1.39 bits per heavy atom. The molecular weight excluding hydrogens is 252 g/mol. The first-order valence-corrected chi connectivity index (χ1v) is 6.61. The first-order valence-electron chi connectivity index (χ1n) is 6.23. The van der Waals surface area contributed by atoms with E-state index >= 15 is 0 Å². The molecule has 2 fully saturated rings. The highest BCUT2D eigenvalue weighted by molar-refractivity contribution is 6.33. The van der Waals surface area contributed by atoms with Crippen LogP contribution < -0.4 is 0 Å². The summed E-state index contributed by atoms with van der Waals surface area (Å²) >= 11 is 6.00. The van der Waals surface area contributed by atoms with Gasteiger partial charge in [0.25, 0.3) is 5.91 Å². The highest BCUT2D eigenvalue weighted by Gasteiger charge is 2.42. The Bertz CT molecular complexity index is 464. The van der Waals surface area contributed by atoms with Gasteiger partial charge in [-0.05, 0) is 25.3 Å². The lowest BCUT2D eigenvalue weighted by molar-refractivity contribution is -0.169. The van der Waals surface area contributed by atoms with Gasteiger partial charge in [0.15, 0.2) is 0 Å². The fourth-order valence-electron chi connectivity index (χ4n) is 2.62. The number of amides is 1. The number of piperidine rings is 1. The Morgan fingerprint density at radius 3 is 2.67 bits per heavy atom. The van der Waals surface area contributed by atoms with Crippen LogP contribution in [0.5, 0.6) is 0 Å². The highest BCUT2D eigenvalue weighted by Crippen LogP contribution is 2.37. The molecule has 5 heteroatoms. The number of likely N-dealkylation sites (tertiary alicyclic amines) is 1. The van der Waals surface area contributed by atoms with Crippen LogP contribution in [0.2, 0.25) is 5.02 Å². The molecule has 2 aliphatic rings. The summed E-state index contributed by atoms with van der Waals surface area (Å²) in [5.41, 5.74) is 0.607. The number of ether oxygens (including phenoxy) is 1. The van der Waals surface area contributed by atoms with Gasteiger partial charge in [0, 0.05) is 25.5 Å². The van der Waals surface area contributed by atoms with Gasteiger partial charge in [0.2, 0.25) is 0 Å². The zero-order chi connectivity index (χ0) is 12.6. The van der Waals surface area contributed by atoms with E-state index in [9.17, 15) is 4.79 Å². The molecule has 18 heavy (non-hydrogen) atoms. The fourth-order valence-corrected chi connectivity index (χ4v) is 2.82. The Hall–Kier alpha value is -1.13. The minimum atomic E-state index is -0.00317. The van der Waals surface area contributed by atoms with Crippen molar-refractivity contribution in [1.82, 2.24) is 9.88 Å². The van der Waals surface area contributed by atoms with E-state index in [1.54, 1.807) is 12.3 Å². The third-order valence-electron chi connectivity index (χ3n) is 3.93. The van der Waals surface area contributed by atoms with E-state index in [0.717, 1.165) is 39.0 Å². The number of carbonyl (C=O) groups excluding carboxylic acids is 1. The number of hydrogen-bond acceptors (Lipinski definition) is 3. The molecule has 0 N–H and O–H groups in total. The van der Waals surface area contributed by atoms with E-state index < -0.39 is 0 Å². The van der Waals surface area contributed by atoms with E-state index in [1.807, 2.05) is 4.90 Å². The number of hydrogen-bond donors (Lipinski definition) is 0. The molecule has 0 aromatic carbocycles. The maximum Gasteiger partial charge on any atom is 0.255 e. The van der Waals surface area contributed by atoms with Gasteiger partial charge in [0.1, 0.15) is 0 Å². The molecule has 96 valence electrons. The molecule has 0 bridgehead atoms. The molecule has 2 aliphatic heterocycles. The van der Waals surface area contributed by atoms with Crippen LogP contribution in [0.4, 0.5) is 0 Å². The van der Waals surface area contributed by atoms with Crippen molar-refractivity contribution in [3.05, 3.63) is 29.0 Å². The van der Waals surface area contributed by atoms with Gasteiger partial charge >= 0.3 is 0 Å². The Balaban J connectivity index is 1.69. The molecule has 1 aromatic rings. The second-order valence-corrected chi connectivity index (χ2v) is 5.34. The number of pyridine rings is 1. The molecule has 4 nitrogen and oxygen atoms in total. The maximum absolute atomic E-state index is 12.3. The van der Waals surface area contributed by atoms with Crippen molar-refractivity contribution in [3.8, 4) is 0 Å². The van der Waals surface area contributed by atoms with Crippen molar-refractivity contribution in [1.29, 1.82) is 0 Å². The number of halogens is 1. The molecule has 1 aromatic heterocycles. The first-order chi connectivity index (χ1) is 8.70. The van der Waals surface area contributed by atoms with Gasteiger partial charge in [-0.25, -0.2) is 0 Å². The normalized spacial score (nSPS) is 21.7. The topological polar surface area (TPSA) is 42.4 Å². The van der Waals surface area contributed by atoms with Crippen molar-refractivity contribution in [3.63, 3.8) is 0 Å². The molecule has 3 heterocycles. The summed E-state index contributed by atoms with van der Waals surface area (Å²) in [4.78, 5) is 18.1. The molecule has 0 radical (unpaired) electrons. The predicted molar refractivity (Wildman–Crippen MR) is 67.7 cm³/mol. The Morgan fingerprint density at radius 2 is 2.11 bits per heavy atom. The zero-order valence-corrected chi connectivity index (χ0v) is 10.8. The molecule has 3 rings (SSSR count). The molecule has 0 aliphatic carbocycles. The number of nitrogens with zero attached hydrogens (tertiary/aromatic N) is 2.